The van der Waals surface area contributed by atoms with Crippen LogP contribution in [-0.2, 0) is 25.7 Å². The van der Waals surface area contributed by atoms with Crippen molar-refractivity contribution in [3.8, 4) is 0 Å². The second-order valence-corrected chi connectivity index (χ2v) is 6.95. The van der Waals surface area contributed by atoms with E-state index in [2.05, 4.69) is 20.6 Å². The van der Waals surface area contributed by atoms with Crippen molar-refractivity contribution in [2.45, 2.75) is 25.7 Å². The van der Waals surface area contributed by atoms with E-state index in [0.29, 0.717) is 12.1 Å². The van der Waals surface area contributed by atoms with Crippen LogP contribution in [0.5, 0.6) is 0 Å². The number of fused-ring (bicyclic) bond motifs is 1. The van der Waals surface area contributed by atoms with Gasteiger partial charge >= 0.3 is 6.18 Å². The number of rotatable bonds is 4. The van der Waals surface area contributed by atoms with Gasteiger partial charge < -0.3 is 15.2 Å². The molecule has 0 radical (unpaired) electrons. The van der Waals surface area contributed by atoms with E-state index < -0.39 is 17.6 Å². The zero-order valence-corrected chi connectivity index (χ0v) is 15.6. The lowest BCUT2D eigenvalue weighted by Crippen LogP contribution is -2.25. The number of nitrogens with one attached hydrogen (secondary N) is 2. The van der Waals surface area contributed by atoms with E-state index in [0.717, 1.165) is 36.4 Å². The van der Waals surface area contributed by atoms with E-state index in [1.54, 1.807) is 6.07 Å². The number of pyridine rings is 1. The lowest BCUT2D eigenvalue weighted by atomic mass is 10.0. The Morgan fingerprint density at radius 2 is 2.07 bits per heavy atom. The molecular formula is C20H17F4N5O. The van der Waals surface area contributed by atoms with Gasteiger partial charge in [0.05, 0.1) is 23.1 Å². The number of carbonyl (C=O) groups excluding carboxylic acids is 1. The Labute approximate surface area is 169 Å². The number of imidazole rings is 1. The summed E-state index contributed by atoms with van der Waals surface area (Å²) in [5.74, 6) is -1.45. The van der Waals surface area contributed by atoms with E-state index in [1.165, 1.54) is 29.4 Å². The van der Waals surface area contributed by atoms with Crippen LogP contribution in [0.25, 0.3) is 0 Å². The van der Waals surface area contributed by atoms with Crippen LogP contribution in [0.3, 0.4) is 0 Å². The molecule has 4 rings (SSSR count). The molecule has 0 aliphatic carbocycles. The molecule has 0 atom stereocenters. The summed E-state index contributed by atoms with van der Waals surface area (Å²) in [5.41, 5.74) is 1.28. The molecule has 0 saturated carbocycles. The lowest BCUT2D eigenvalue weighted by Gasteiger charge is -2.16. The fraction of sp³-hybridized carbons (Fsp3) is 0.250. The van der Waals surface area contributed by atoms with Crippen LogP contribution in [0.1, 0.15) is 32.7 Å². The van der Waals surface area contributed by atoms with Gasteiger partial charge in [-0.15, -0.1) is 0 Å². The van der Waals surface area contributed by atoms with Gasteiger partial charge in [-0.1, -0.05) is 6.07 Å². The number of anilines is 1. The standard InChI is InChI=1S/C20H17F4N5O/c21-16-2-1-12(5-15(16)20(22,23)24)9-29-10-18(27-11-29)28-19(30)14-6-13-3-4-25-8-17(13)26-7-14/h1-2,5-7,10-11,25H,3-4,8-9H2,(H,28,30). The maximum atomic E-state index is 13.4. The van der Waals surface area contributed by atoms with Gasteiger partial charge in [-0.2, -0.15) is 13.2 Å². The summed E-state index contributed by atoms with van der Waals surface area (Å²) in [6.07, 6.45) is 0.380. The third-order valence-corrected chi connectivity index (χ3v) is 4.76. The summed E-state index contributed by atoms with van der Waals surface area (Å²) in [4.78, 5) is 20.8. The van der Waals surface area contributed by atoms with Crippen molar-refractivity contribution in [3.63, 3.8) is 0 Å². The normalized spacial score (nSPS) is 13.7. The van der Waals surface area contributed by atoms with Crippen molar-refractivity contribution in [2.75, 3.05) is 11.9 Å². The van der Waals surface area contributed by atoms with Gasteiger partial charge in [-0.3, -0.25) is 9.78 Å². The lowest BCUT2D eigenvalue weighted by molar-refractivity contribution is -0.140. The predicted octanol–water partition coefficient (Wildman–Crippen LogP) is 3.38. The van der Waals surface area contributed by atoms with Crippen LogP contribution in [0.2, 0.25) is 0 Å². The molecule has 1 aromatic carbocycles. The minimum atomic E-state index is -4.77. The van der Waals surface area contributed by atoms with Crippen molar-refractivity contribution in [1.82, 2.24) is 19.9 Å². The second kappa shape index (κ2) is 7.86. The number of benzene rings is 1. The topological polar surface area (TPSA) is 71.8 Å². The molecule has 0 fully saturated rings. The van der Waals surface area contributed by atoms with Crippen LogP contribution in [0.4, 0.5) is 23.4 Å². The van der Waals surface area contributed by atoms with E-state index in [4.69, 9.17) is 0 Å². The highest BCUT2D eigenvalue weighted by molar-refractivity contribution is 6.03. The van der Waals surface area contributed by atoms with Crippen LogP contribution >= 0.6 is 0 Å². The molecule has 2 aromatic heterocycles. The van der Waals surface area contributed by atoms with Gasteiger partial charge in [-0.05, 0) is 42.3 Å². The first-order valence-electron chi connectivity index (χ1n) is 9.17. The average Bonchev–Trinajstić information content (AvgIpc) is 3.15. The fourth-order valence-corrected chi connectivity index (χ4v) is 3.27. The molecule has 10 heteroatoms. The Hall–Kier alpha value is -3.27. The molecule has 0 spiro atoms. The third-order valence-electron chi connectivity index (χ3n) is 4.76. The number of hydrogen-bond donors (Lipinski definition) is 2. The van der Waals surface area contributed by atoms with Crippen molar-refractivity contribution in [2.24, 2.45) is 0 Å². The van der Waals surface area contributed by atoms with Gasteiger partial charge in [0.2, 0.25) is 0 Å². The van der Waals surface area contributed by atoms with Crippen LogP contribution < -0.4 is 10.6 Å². The highest BCUT2D eigenvalue weighted by atomic mass is 19.4. The molecule has 1 aliphatic heterocycles. The number of alkyl halides is 3. The highest BCUT2D eigenvalue weighted by Gasteiger charge is 2.34. The molecule has 1 amide bonds. The number of amides is 1. The van der Waals surface area contributed by atoms with Crippen molar-refractivity contribution >= 4 is 11.7 Å². The minimum absolute atomic E-state index is 0.0413. The van der Waals surface area contributed by atoms with Gasteiger partial charge in [-0.25, -0.2) is 9.37 Å². The summed E-state index contributed by atoms with van der Waals surface area (Å²) in [6, 6.07) is 4.63. The molecule has 0 saturated heterocycles. The van der Waals surface area contributed by atoms with Gasteiger partial charge in [0, 0.05) is 25.5 Å². The Morgan fingerprint density at radius 3 is 2.87 bits per heavy atom. The third kappa shape index (κ3) is 4.33. The zero-order valence-electron chi connectivity index (χ0n) is 15.6. The van der Waals surface area contributed by atoms with E-state index in [1.807, 2.05) is 0 Å². The van der Waals surface area contributed by atoms with Crippen LogP contribution in [0, 0.1) is 5.82 Å². The quantitative estimate of drug-likeness (QED) is 0.636. The number of aromatic nitrogens is 3. The smallest absolute Gasteiger partial charge is 0.331 e. The first-order valence-corrected chi connectivity index (χ1v) is 9.17. The summed E-state index contributed by atoms with van der Waals surface area (Å²) < 4.78 is 53.5. The van der Waals surface area contributed by atoms with E-state index >= 15 is 0 Å². The van der Waals surface area contributed by atoms with Crippen molar-refractivity contribution in [1.29, 1.82) is 0 Å². The van der Waals surface area contributed by atoms with Gasteiger partial charge in [0.1, 0.15) is 5.82 Å². The molecular weight excluding hydrogens is 402 g/mol. The molecule has 3 aromatic rings. The highest BCUT2D eigenvalue weighted by Crippen LogP contribution is 2.32. The molecule has 3 heterocycles. The van der Waals surface area contributed by atoms with Crippen LogP contribution in [0.15, 0.2) is 43.0 Å². The number of hydrogen-bond acceptors (Lipinski definition) is 4. The zero-order chi connectivity index (χ0) is 21.3. The Kier molecular flexibility index (Phi) is 5.25. The van der Waals surface area contributed by atoms with Gasteiger partial charge in [0.15, 0.2) is 5.82 Å². The predicted molar refractivity (Wildman–Crippen MR) is 100 cm³/mol. The molecule has 2 N–H and O–H groups in total. The largest absolute Gasteiger partial charge is 0.419 e. The minimum Gasteiger partial charge on any atom is -0.331 e. The molecule has 156 valence electrons. The molecule has 0 bridgehead atoms. The molecule has 30 heavy (non-hydrogen) atoms. The van der Waals surface area contributed by atoms with Crippen molar-refractivity contribution < 1.29 is 22.4 Å². The number of halogens is 4. The Bertz CT molecular complexity index is 1090. The first kappa shape index (κ1) is 20.0. The molecule has 0 unspecified atom stereocenters. The summed E-state index contributed by atoms with van der Waals surface area (Å²) >= 11 is 0. The number of carbonyl (C=O) groups is 1. The SMILES string of the molecule is O=C(Nc1cn(Cc2ccc(F)c(C(F)(F)F)c2)cn1)c1cnc2c(c1)CCNC2. The Balaban J connectivity index is 1.45. The average molecular weight is 419 g/mol. The van der Waals surface area contributed by atoms with Crippen molar-refractivity contribution in [3.05, 3.63) is 76.8 Å². The monoisotopic (exact) mass is 419 g/mol. The Morgan fingerprint density at radius 1 is 1.23 bits per heavy atom. The fourth-order valence-electron chi connectivity index (χ4n) is 3.27. The van der Waals surface area contributed by atoms with E-state index in [-0.39, 0.29) is 23.8 Å². The van der Waals surface area contributed by atoms with Gasteiger partial charge in [0.25, 0.3) is 5.91 Å². The summed E-state index contributed by atoms with van der Waals surface area (Å²) in [5, 5.41) is 5.86. The second-order valence-electron chi connectivity index (χ2n) is 6.95. The molecule has 6 nitrogen and oxygen atoms in total. The molecule has 1 aliphatic rings. The summed E-state index contributed by atoms with van der Waals surface area (Å²) in [6.45, 7) is 1.53. The summed E-state index contributed by atoms with van der Waals surface area (Å²) in [7, 11) is 0. The first-order chi connectivity index (χ1) is 14.3. The maximum Gasteiger partial charge on any atom is 0.419 e. The van der Waals surface area contributed by atoms with Crippen LogP contribution in [-0.4, -0.2) is 27.0 Å². The maximum absolute atomic E-state index is 13.4. The van der Waals surface area contributed by atoms with E-state index in [9.17, 15) is 22.4 Å². The number of nitrogens with zero attached hydrogens (tertiary/aromatic N) is 3.